The molecule has 0 saturated heterocycles. The highest BCUT2D eigenvalue weighted by atomic mass is 32.2. The molecule has 0 fully saturated rings. The molecule has 36 heavy (non-hydrogen) atoms. The zero-order chi connectivity index (χ0) is 26.3. The summed E-state index contributed by atoms with van der Waals surface area (Å²) < 4.78 is 53.2. The summed E-state index contributed by atoms with van der Waals surface area (Å²) in [6.45, 7) is 6.06. The van der Waals surface area contributed by atoms with Gasteiger partial charge >= 0.3 is 6.09 Å². The van der Waals surface area contributed by atoms with Gasteiger partial charge in [0.15, 0.2) is 0 Å². The van der Waals surface area contributed by atoms with Crippen molar-refractivity contribution >= 4 is 27.5 Å². The molecule has 0 atom stereocenters. The van der Waals surface area contributed by atoms with Crippen molar-refractivity contribution in [3.8, 4) is 16.9 Å². The third kappa shape index (κ3) is 7.61. The fraction of sp³-hybridized carbons (Fsp3) is 0.269. The lowest BCUT2D eigenvalue weighted by Gasteiger charge is -2.19. The lowest BCUT2D eigenvalue weighted by Crippen LogP contribution is -2.34. The van der Waals surface area contributed by atoms with Crippen molar-refractivity contribution in [3.63, 3.8) is 0 Å². The molecule has 3 rings (SSSR count). The lowest BCUT2D eigenvalue weighted by molar-refractivity contribution is 0.0530. The number of nitrogens with one attached hydrogen (secondary N) is 3. The number of sulfonamides is 1. The minimum absolute atomic E-state index is 0.0771. The lowest BCUT2D eigenvalue weighted by atomic mass is 10.1. The molecule has 8 nitrogen and oxygen atoms in total. The van der Waals surface area contributed by atoms with Gasteiger partial charge in [-0.15, -0.1) is 0 Å². The van der Waals surface area contributed by atoms with Gasteiger partial charge in [-0.2, -0.15) is 0 Å². The van der Waals surface area contributed by atoms with Crippen LogP contribution in [0.1, 0.15) is 20.8 Å². The Bertz CT molecular complexity index is 1320. The van der Waals surface area contributed by atoms with E-state index in [-0.39, 0.29) is 10.6 Å². The smallest absolute Gasteiger partial charge is 0.407 e. The largest absolute Gasteiger partial charge is 0.495 e. The Balaban J connectivity index is 1.71. The summed E-state index contributed by atoms with van der Waals surface area (Å²) in [5, 5.41) is 5.77. The predicted octanol–water partition coefficient (Wildman–Crippen LogP) is 5.24. The van der Waals surface area contributed by atoms with Gasteiger partial charge in [0.25, 0.3) is 10.0 Å². The van der Waals surface area contributed by atoms with E-state index in [4.69, 9.17) is 9.47 Å². The molecule has 0 heterocycles. The number of amides is 1. The number of carbonyl (C=O) groups excluding carboxylic acids is 1. The summed E-state index contributed by atoms with van der Waals surface area (Å²) in [6.07, 6.45) is -0.514. The highest BCUT2D eigenvalue weighted by Gasteiger charge is 2.21. The van der Waals surface area contributed by atoms with E-state index in [0.717, 1.165) is 0 Å². The van der Waals surface area contributed by atoms with Gasteiger partial charge in [-0.3, -0.25) is 4.72 Å². The molecule has 3 aromatic rings. The van der Waals surface area contributed by atoms with Crippen molar-refractivity contribution in [2.75, 3.05) is 30.2 Å². The standard InChI is InChI=1S/C26H30FN3O5S/c1-26(2,3)35-25(31)29-14-13-28-21-9-6-10-22(17-21)30-36(32,33)24-16-19(11-12-23(24)34-4)18-7-5-8-20(27)15-18/h5-12,15-17,28,30H,13-14H2,1-4H3,(H,29,31). The second-order valence-electron chi connectivity index (χ2n) is 8.92. The first kappa shape index (κ1) is 26.8. The van der Waals surface area contributed by atoms with Crippen molar-refractivity contribution < 1.29 is 27.1 Å². The molecule has 0 aliphatic heterocycles. The van der Waals surface area contributed by atoms with Gasteiger partial charge in [0, 0.05) is 18.8 Å². The maximum atomic E-state index is 13.7. The summed E-state index contributed by atoms with van der Waals surface area (Å²) in [6, 6.07) is 17.3. The normalized spacial score (nSPS) is 11.5. The Hall–Kier alpha value is -3.79. The van der Waals surface area contributed by atoms with Crippen LogP contribution in [0.2, 0.25) is 0 Å². The van der Waals surface area contributed by atoms with E-state index in [1.54, 1.807) is 63.2 Å². The van der Waals surface area contributed by atoms with Gasteiger partial charge in [-0.05, 0) is 74.4 Å². The van der Waals surface area contributed by atoms with Crippen molar-refractivity contribution in [2.45, 2.75) is 31.3 Å². The molecule has 0 saturated carbocycles. The van der Waals surface area contributed by atoms with Gasteiger partial charge in [0.05, 0.1) is 12.8 Å². The first-order chi connectivity index (χ1) is 17.0. The average molecular weight is 516 g/mol. The van der Waals surface area contributed by atoms with Crippen LogP contribution in [0.15, 0.2) is 71.6 Å². The number of halogens is 1. The third-order valence-electron chi connectivity index (χ3n) is 4.85. The van der Waals surface area contributed by atoms with Gasteiger partial charge in [0.1, 0.15) is 22.1 Å². The third-order valence-corrected chi connectivity index (χ3v) is 6.25. The number of benzene rings is 3. The highest BCUT2D eigenvalue weighted by Crippen LogP contribution is 2.31. The van der Waals surface area contributed by atoms with Crippen molar-refractivity contribution in [1.82, 2.24) is 5.32 Å². The van der Waals surface area contributed by atoms with E-state index in [1.165, 1.54) is 31.4 Å². The van der Waals surface area contributed by atoms with Gasteiger partial charge in [-0.1, -0.05) is 24.3 Å². The van der Waals surface area contributed by atoms with E-state index in [1.807, 2.05) is 0 Å². The molecule has 0 aromatic heterocycles. The minimum Gasteiger partial charge on any atom is -0.495 e. The SMILES string of the molecule is COc1ccc(-c2cccc(F)c2)cc1S(=O)(=O)Nc1cccc(NCCNC(=O)OC(C)(C)C)c1. The van der Waals surface area contributed by atoms with Crippen LogP contribution < -0.4 is 20.1 Å². The molecule has 3 aromatic carbocycles. The zero-order valence-corrected chi connectivity index (χ0v) is 21.4. The highest BCUT2D eigenvalue weighted by molar-refractivity contribution is 7.92. The number of hydrogen-bond donors (Lipinski definition) is 3. The Morgan fingerprint density at radius 1 is 0.917 bits per heavy atom. The quantitative estimate of drug-likeness (QED) is 0.337. The molecule has 10 heteroatoms. The molecule has 1 amide bonds. The van der Waals surface area contributed by atoms with Crippen molar-refractivity contribution in [2.24, 2.45) is 0 Å². The Kier molecular flexibility index (Phi) is 8.41. The summed E-state index contributed by atoms with van der Waals surface area (Å²) in [5.74, 6) is -0.262. The maximum absolute atomic E-state index is 13.7. The van der Waals surface area contributed by atoms with Crippen LogP contribution in [0.25, 0.3) is 11.1 Å². The topological polar surface area (TPSA) is 106 Å². The van der Waals surface area contributed by atoms with E-state index < -0.39 is 27.5 Å². The molecule has 192 valence electrons. The number of anilines is 2. The van der Waals surface area contributed by atoms with E-state index in [0.29, 0.717) is 35.6 Å². The zero-order valence-electron chi connectivity index (χ0n) is 20.6. The summed E-state index contributed by atoms with van der Waals surface area (Å²) >= 11 is 0. The van der Waals surface area contributed by atoms with E-state index in [2.05, 4.69) is 15.4 Å². The van der Waals surface area contributed by atoms with Gasteiger partial charge in [-0.25, -0.2) is 17.6 Å². The van der Waals surface area contributed by atoms with Crippen LogP contribution in [-0.2, 0) is 14.8 Å². The maximum Gasteiger partial charge on any atom is 0.407 e. The molecular formula is C26H30FN3O5S. The molecule has 0 aliphatic carbocycles. The summed E-state index contributed by atoms with van der Waals surface area (Å²) in [4.78, 5) is 11.7. The number of hydrogen-bond acceptors (Lipinski definition) is 6. The second kappa shape index (κ2) is 11.3. The second-order valence-corrected chi connectivity index (χ2v) is 10.6. The Morgan fingerprint density at radius 3 is 2.31 bits per heavy atom. The molecule has 0 bridgehead atoms. The number of methoxy groups -OCH3 is 1. The first-order valence-electron chi connectivity index (χ1n) is 11.2. The van der Waals surface area contributed by atoms with Gasteiger partial charge < -0.3 is 20.1 Å². The van der Waals surface area contributed by atoms with Crippen molar-refractivity contribution in [1.29, 1.82) is 0 Å². The van der Waals surface area contributed by atoms with Crippen LogP contribution >= 0.6 is 0 Å². The molecule has 0 spiro atoms. The Morgan fingerprint density at radius 2 is 1.61 bits per heavy atom. The predicted molar refractivity (Wildman–Crippen MR) is 138 cm³/mol. The van der Waals surface area contributed by atoms with Crippen LogP contribution in [0.4, 0.5) is 20.6 Å². The van der Waals surface area contributed by atoms with E-state index in [9.17, 15) is 17.6 Å². The number of alkyl carbamates (subject to hydrolysis) is 1. The summed E-state index contributed by atoms with van der Waals surface area (Å²) in [7, 11) is -2.66. The summed E-state index contributed by atoms with van der Waals surface area (Å²) in [5.41, 5.74) is 1.48. The molecule has 0 radical (unpaired) electrons. The number of carbonyl (C=O) groups is 1. The fourth-order valence-corrected chi connectivity index (χ4v) is 4.57. The van der Waals surface area contributed by atoms with Crippen LogP contribution in [0.5, 0.6) is 5.75 Å². The van der Waals surface area contributed by atoms with Gasteiger partial charge in [0.2, 0.25) is 0 Å². The van der Waals surface area contributed by atoms with Crippen LogP contribution in [-0.4, -0.2) is 40.3 Å². The Labute approximate surface area is 210 Å². The van der Waals surface area contributed by atoms with Crippen LogP contribution in [0.3, 0.4) is 0 Å². The molecule has 3 N–H and O–H groups in total. The fourth-order valence-electron chi connectivity index (χ4n) is 3.32. The molecular weight excluding hydrogens is 485 g/mol. The minimum atomic E-state index is -4.04. The monoisotopic (exact) mass is 515 g/mol. The molecule has 0 unspecified atom stereocenters. The average Bonchev–Trinajstić information content (AvgIpc) is 2.80. The number of ether oxygens (including phenoxy) is 2. The number of rotatable bonds is 9. The van der Waals surface area contributed by atoms with Crippen LogP contribution in [0, 0.1) is 5.82 Å². The van der Waals surface area contributed by atoms with E-state index >= 15 is 0 Å². The van der Waals surface area contributed by atoms with Crippen molar-refractivity contribution in [3.05, 3.63) is 72.5 Å². The molecule has 0 aliphatic rings. The first-order valence-corrected chi connectivity index (χ1v) is 12.7.